The monoisotopic (exact) mass is 1580 g/mol. The first-order chi connectivity index (χ1) is 55.4. The molecule has 0 bridgehead atoms. The Morgan fingerprint density at radius 1 is 0.440 bits per heavy atom. The molecule has 9 aromatic carbocycles. The molecule has 0 saturated carbocycles. The molecule has 6 heterocycles. The van der Waals surface area contributed by atoms with Gasteiger partial charge in [0, 0.05) is 53.3 Å². The summed E-state index contributed by atoms with van der Waals surface area (Å²) in [7, 11) is 3.31. The third-order valence-electron chi connectivity index (χ3n) is 20.6. The smallest absolute Gasteiger partial charge is 0.337 e. The van der Waals surface area contributed by atoms with Crippen molar-refractivity contribution in [3.05, 3.63) is 347 Å². The zero-order chi connectivity index (χ0) is 84.4. The molecule has 0 unspecified atom stereocenters. The van der Waals surface area contributed by atoms with Crippen molar-refractivity contribution in [2.75, 3.05) is 13.9 Å². The Labute approximate surface area is 692 Å². The van der Waals surface area contributed by atoms with E-state index in [2.05, 4.69) is 217 Å². The van der Waals surface area contributed by atoms with Gasteiger partial charge >= 0.3 is 5.97 Å². The molecule has 608 valence electrons. The summed E-state index contributed by atoms with van der Waals surface area (Å²) in [4.78, 5) is 46.8. The number of methoxy groups -OCH3 is 1. The SMILES string of the molecule is CC(=O)n1cc(C(C)C)c2ccccc21.CC(C)c1ccc2c(c1)Cc1ccccc1-2.CC(C)c1ccc2c(c1)OCO2.CC(C)c1ccccc1.CC(C)c1ccsc1.CC(C)c1coc2ccccc12.CC(C)c1coc2ccccc2c1=O.COC(=O)c1ccc(C(C)C)cc1.Cc1c(C(C)C)c(=O)n(-c2ccccc2)n1C. The Bertz CT molecular complexity index is 5530. The first-order valence-electron chi connectivity index (χ1n) is 40.7. The molecule has 0 fully saturated rings. The van der Waals surface area contributed by atoms with Crippen LogP contribution >= 0.6 is 11.3 Å². The maximum atomic E-state index is 12.4. The van der Waals surface area contributed by atoms with Crippen molar-refractivity contribution < 1.29 is 32.6 Å². The molecule has 116 heavy (non-hydrogen) atoms. The molecule has 0 radical (unpaired) electrons. The van der Waals surface area contributed by atoms with Gasteiger partial charge in [0.05, 0.1) is 41.8 Å². The van der Waals surface area contributed by atoms with Gasteiger partial charge in [0.1, 0.15) is 11.2 Å². The quantitative estimate of drug-likeness (QED) is 0.116. The van der Waals surface area contributed by atoms with Gasteiger partial charge in [0.25, 0.3) is 5.56 Å². The molecule has 5 aromatic heterocycles. The predicted molar refractivity (Wildman–Crippen MR) is 485 cm³/mol. The minimum Gasteiger partial charge on any atom is -0.465 e. The van der Waals surface area contributed by atoms with Crippen LogP contribution in [0.15, 0.2) is 272 Å². The summed E-state index contributed by atoms with van der Waals surface area (Å²) in [5.74, 6) is 5.96. The second-order valence-electron chi connectivity index (χ2n) is 32.0. The summed E-state index contributed by atoms with van der Waals surface area (Å²) >= 11 is 1.77. The van der Waals surface area contributed by atoms with Crippen molar-refractivity contribution in [2.24, 2.45) is 7.05 Å². The van der Waals surface area contributed by atoms with Crippen LogP contribution in [0.1, 0.15) is 267 Å². The number of furan rings is 1. The third kappa shape index (κ3) is 24.2. The number of nitrogens with zero attached hydrogens (tertiary/aromatic N) is 3. The van der Waals surface area contributed by atoms with Crippen molar-refractivity contribution in [1.29, 1.82) is 0 Å². The molecule has 1 aliphatic carbocycles. The van der Waals surface area contributed by atoms with Gasteiger partial charge in [-0.3, -0.25) is 23.6 Å². The molecule has 0 spiro atoms. The van der Waals surface area contributed by atoms with Gasteiger partial charge in [-0.1, -0.05) is 282 Å². The Kier molecular flexibility index (Phi) is 33.8. The Morgan fingerprint density at radius 3 is 1.46 bits per heavy atom. The highest BCUT2D eigenvalue weighted by Crippen LogP contribution is 2.39. The van der Waals surface area contributed by atoms with Crippen LogP contribution in [0.4, 0.5) is 0 Å². The van der Waals surface area contributed by atoms with E-state index >= 15 is 0 Å². The molecular formula is C103H121N3O9S. The fourth-order valence-electron chi connectivity index (χ4n) is 13.5. The van der Waals surface area contributed by atoms with Crippen molar-refractivity contribution in [1.82, 2.24) is 13.9 Å². The van der Waals surface area contributed by atoms with Crippen molar-refractivity contribution in [3.63, 3.8) is 0 Å². The maximum Gasteiger partial charge on any atom is 0.337 e. The second kappa shape index (κ2) is 43.4. The minimum absolute atomic E-state index is 0.0677. The van der Waals surface area contributed by atoms with E-state index in [-0.39, 0.29) is 34.7 Å². The van der Waals surface area contributed by atoms with Crippen LogP contribution in [0.3, 0.4) is 0 Å². The van der Waals surface area contributed by atoms with Crippen LogP contribution in [-0.4, -0.2) is 39.7 Å². The van der Waals surface area contributed by atoms with Gasteiger partial charge < -0.3 is 23.0 Å². The summed E-state index contributed by atoms with van der Waals surface area (Å²) in [6.45, 7) is 42.6. The average molecular weight is 1580 g/mol. The number of carbonyl (C=O) groups excluding carboxylic acids is 2. The van der Waals surface area contributed by atoms with Gasteiger partial charge in [0.15, 0.2) is 16.9 Å². The summed E-state index contributed by atoms with van der Waals surface area (Å²) in [5, 5.41) is 7.41. The molecule has 0 N–H and O–H groups in total. The van der Waals surface area contributed by atoms with Gasteiger partial charge in [0.2, 0.25) is 12.7 Å². The molecular weight excluding hydrogens is 1460 g/mol. The van der Waals surface area contributed by atoms with E-state index in [1.165, 1.54) is 79.1 Å². The van der Waals surface area contributed by atoms with Gasteiger partial charge in [-0.2, -0.15) is 11.3 Å². The number of aromatic nitrogens is 3. The summed E-state index contributed by atoms with van der Waals surface area (Å²) in [5.41, 5.74) is 22.2. The molecule has 0 saturated heterocycles. The van der Waals surface area contributed by atoms with Gasteiger partial charge in [-0.25, -0.2) is 9.48 Å². The largest absolute Gasteiger partial charge is 0.465 e. The van der Waals surface area contributed by atoms with Crippen LogP contribution in [0, 0.1) is 6.92 Å². The van der Waals surface area contributed by atoms with E-state index in [4.69, 9.17) is 18.3 Å². The molecule has 0 amide bonds. The Hall–Kier alpha value is -11.3. The standard InChI is InChI=1S/C16H16.C14H18N2O.C13H15NO.C12H12O2.C11H14O2.C11H12O.C10H12O2.C9H12.C7H10S/c1-11(2)12-7-8-16-14(9-12)10-13-5-3-4-6-15(13)16;1-10(2)13-11(3)15(4)16(14(13)17)12-8-6-5-7-9-12;1-9(2)12-8-14(10(3)15)13-7-5-4-6-11(12)13;1-8(2)10-7-14-11-6-4-3-5-9(11)12(10)13;1-8(2)9-4-6-10(7-5-9)11(12)13-3;1-8(2)10-7-12-11-6-4-3-5-9(10)11;1-7(2)8-3-4-9-10(5-8)12-6-11-9;1-8(2)9-6-4-3-5-7-9;1-6(2)7-3-4-8-5-7/h3-9,11H,10H2,1-2H3;5-10H,1-4H3;4-9H,1-3H3;3-8H,1-2H3;4-8H,1-3H3;3-8H,1-2H3;3-5,7H,6H2,1-2H3;3-8H,1-2H3;3-6H,1-2H3. The van der Waals surface area contributed by atoms with Gasteiger partial charge in [-0.15, -0.1) is 0 Å². The topological polar surface area (TPSA) is 137 Å². The first kappa shape index (κ1) is 90.3. The van der Waals surface area contributed by atoms with E-state index < -0.39 is 0 Å². The lowest BCUT2D eigenvalue weighted by Gasteiger charge is -2.07. The molecule has 2 aliphatic rings. The van der Waals surface area contributed by atoms with Crippen LogP contribution in [0.25, 0.3) is 49.7 Å². The van der Waals surface area contributed by atoms with Crippen LogP contribution in [-0.2, 0) is 18.2 Å². The molecule has 12 nitrogen and oxygen atoms in total. The number of rotatable bonds is 11. The Morgan fingerprint density at radius 2 is 0.922 bits per heavy atom. The number of carbonyl (C=O) groups is 2. The highest BCUT2D eigenvalue weighted by atomic mass is 32.1. The summed E-state index contributed by atoms with van der Waals surface area (Å²) in [6.07, 6.45) is 6.48. The number of thiophene rings is 1. The average Bonchev–Trinajstić information content (AvgIpc) is 1.59. The van der Waals surface area contributed by atoms with E-state index in [1.54, 1.807) is 58.0 Å². The molecule has 16 rings (SSSR count). The lowest BCUT2D eigenvalue weighted by molar-refractivity contribution is 0.0600. The number of fused-ring (bicyclic) bond motifs is 7. The van der Waals surface area contributed by atoms with Crippen molar-refractivity contribution >= 4 is 56.1 Å². The number of hydrogen-bond donors (Lipinski definition) is 0. The van der Waals surface area contributed by atoms with Crippen LogP contribution < -0.4 is 20.5 Å². The van der Waals surface area contributed by atoms with Gasteiger partial charge in [-0.05, 0) is 200 Å². The maximum absolute atomic E-state index is 12.4. The number of para-hydroxylation sites is 4. The Balaban J connectivity index is 0.000000164. The van der Waals surface area contributed by atoms with E-state index in [0.29, 0.717) is 64.8 Å². The zero-order valence-electron chi connectivity index (χ0n) is 72.3. The highest BCUT2D eigenvalue weighted by molar-refractivity contribution is 7.08. The number of hydrogen-bond acceptors (Lipinski definition) is 10. The second-order valence-corrected chi connectivity index (χ2v) is 32.8. The van der Waals surface area contributed by atoms with E-state index in [9.17, 15) is 19.2 Å². The molecule has 1 aliphatic heterocycles. The zero-order valence-corrected chi connectivity index (χ0v) is 73.1. The minimum atomic E-state index is -0.282. The van der Waals surface area contributed by atoms with E-state index in [1.807, 2.05) is 154 Å². The summed E-state index contributed by atoms with van der Waals surface area (Å²) in [6, 6.07) is 75.2. The lowest BCUT2D eigenvalue weighted by Crippen LogP contribution is -2.21. The number of benzene rings is 9. The number of esters is 1. The molecule has 0 atom stereocenters. The molecule has 13 heteroatoms. The molecule has 14 aromatic rings. The summed E-state index contributed by atoms with van der Waals surface area (Å²) < 4.78 is 31.2. The van der Waals surface area contributed by atoms with Crippen molar-refractivity contribution in [3.8, 4) is 28.3 Å². The number of ether oxygens (including phenoxy) is 3. The fourth-order valence-corrected chi connectivity index (χ4v) is 14.3. The van der Waals surface area contributed by atoms with Crippen molar-refractivity contribution in [2.45, 2.75) is 198 Å². The predicted octanol–water partition coefficient (Wildman–Crippen LogP) is 27.7. The van der Waals surface area contributed by atoms with E-state index in [0.717, 1.165) is 51.5 Å². The normalized spacial score (nSPS) is 11.4. The first-order valence-corrected chi connectivity index (χ1v) is 41.6. The fraction of sp³-hybridized carbons (Fsp3) is 0.320. The lowest BCUT2D eigenvalue weighted by atomic mass is 9.97. The highest BCUT2D eigenvalue weighted by Gasteiger charge is 2.21. The van der Waals surface area contributed by atoms with Crippen LogP contribution in [0.5, 0.6) is 11.5 Å². The van der Waals surface area contributed by atoms with Crippen LogP contribution in [0.2, 0.25) is 0 Å². The third-order valence-corrected chi connectivity index (χ3v) is 21.3.